The normalized spacial score (nSPS) is 11.6. The number of rotatable bonds is 8. The van der Waals surface area contributed by atoms with E-state index in [1.807, 2.05) is 13.8 Å². The molecule has 3 N–H and O–H groups in total. The second-order valence-electron chi connectivity index (χ2n) is 7.78. The van der Waals surface area contributed by atoms with Gasteiger partial charge in [-0.3, -0.25) is 9.78 Å². The van der Waals surface area contributed by atoms with E-state index in [0.717, 1.165) is 46.5 Å². The van der Waals surface area contributed by atoms with Crippen molar-refractivity contribution in [1.82, 2.24) is 4.98 Å². The van der Waals surface area contributed by atoms with Gasteiger partial charge in [-0.15, -0.1) is 24.8 Å². The monoisotopic (exact) mass is 440 g/mol. The van der Waals surface area contributed by atoms with Crippen molar-refractivity contribution in [3.63, 3.8) is 0 Å². The van der Waals surface area contributed by atoms with E-state index in [4.69, 9.17) is 10.7 Å². The smallest absolute Gasteiger partial charge is 0.303 e. The summed E-state index contributed by atoms with van der Waals surface area (Å²) in [5, 5.41) is 9.42. The highest BCUT2D eigenvalue weighted by Crippen LogP contribution is 2.39. The molecule has 0 saturated carbocycles. The molecule has 29 heavy (non-hydrogen) atoms. The summed E-state index contributed by atoms with van der Waals surface area (Å²) in [5.74, 6) is -0.388. The van der Waals surface area contributed by atoms with Gasteiger partial charge in [0.15, 0.2) is 0 Å². The van der Waals surface area contributed by atoms with E-state index in [2.05, 4.69) is 45.0 Å². The number of nitrogens with two attached hydrogens (primary N) is 1. The Morgan fingerprint density at radius 1 is 1.14 bits per heavy atom. The summed E-state index contributed by atoms with van der Waals surface area (Å²) >= 11 is 0. The topological polar surface area (TPSA) is 76.2 Å². The zero-order valence-electron chi connectivity index (χ0n) is 18.0. The molecule has 0 fully saturated rings. The number of carboxylic acid groups (broad SMARTS) is 1. The van der Waals surface area contributed by atoms with Crippen LogP contribution in [0.25, 0.3) is 11.1 Å². The van der Waals surface area contributed by atoms with E-state index < -0.39 is 5.97 Å². The number of carboxylic acids is 1. The Kier molecular flexibility index (Phi) is 11.5. The fourth-order valence-corrected chi connectivity index (χ4v) is 3.80. The van der Waals surface area contributed by atoms with E-state index in [9.17, 15) is 9.90 Å². The van der Waals surface area contributed by atoms with Crippen LogP contribution in [-0.4, -0.2) is 16.1 Å². The second kappa shape index (κ2) is 12.2. The number of hydrogen-bond donors (Lipinski definition) is 2. The highest BCUT2D eigenvalue weighted by molar-refractivity contribution is 5.85. The van der Waals surface area contributed by atoms with E-state index in [1.54, 1.807) is 0 Å². The average molecular weight is 441 g/mol. The van der Waals surface area contributed by atoms with Crippen LogP contribution in [0, 0.1) is 19.8 Å². The van der Waals surface area contributed by atoms with Gasteiger partial charge in [0.25, 0.3) is 0 Å². The fraction of sp³-hybridized carbons (Fsp3) is 0.478. The molecule has 1 aromatic carbocycles. The van der Waals surface area contributed by atoms with Gasteiger partial charge < -0.3 is 10.8 Å². The minimum absolute atomic E-state index is 0. The Balaban J connectivity index is 0.00000392. The number of hydrogen-bond acceptors (Lipinski definition) is 3. The molecule has 0 spiro atoms. The third-order valence-electron chi connectivity index (χ3n) is 5.08. The van der Waals surface area contributed by atoms with Crippen molar-refractivity contribution < 1.29 is 9.90 Å². The van der Waals surface area contributed by atoms with Crippen LogP contribution < -0.4 is 5.73 Å². The molecule has 0 saturated heterocycles. The minimum Gasteiger partial charge on any atom is -0.481 e. The molecule has 0 radical (unpaired) electrons. The Labute approximate surface area is 187 Å². The van der Waals surface area contributed by atoms with Gasteiger partial charge in [-0.05, 0) is 60.8 Å². The lowest BCUT2D eigenvalue weighted by Gasteiger charge is -2.25. The lowest BCUT2D eigenvalue weighted by atomic mass is 9.82. The predicted molar refractivity (Wildman–Crippen MR) is 125 cm³/mol. The van der Waals surface area contributed by atoms with Gasteiger partial charge in [-0.25, -0.2) is 0 Å². The Hall–Kier alpha value is -1.62. The average Bonchev–Trinajstić information content (AvgIpc) is 2.59. The Morgan fingerprint density at radius 2 is 1.72 bits per heavy atom. The maximum absolute atomic E-state index is 11.5. The van der Waals surface area contributed by atoms with E-state index in [1.165, 1.54) is 5.56 Å². The van der Waals surface area contributed by atoms with Crippen molar-refractivity contribution in [3.05, 3.63) is 52.3 Å². The first-order valence-corrected chi connectivity index (χ1v) is 9.79. The van der Waals surface area contributed by atoms with Crippen LogP contribution in [0.5, 0.6) is 0 Å². The summed E-state index contributed by atoms with van der Waals surface area (Å²) in [5.41, 5.74) is 13.6. The molecule has 0 aliphatic rings. The fourth-order valence-electron chi connectivity index (χ4n) is 3.80. The number of aromatic nitrogens is 1. The third-order valence-corrected chi connectivity index (χ3v) is 5.08. The van der Waals surface area contributed by atoms with Gasteiger partial charge in [0.1, 0.15) is 0 Å². The second-order valence-corrected chi connectivity index (χ2v) is 7.78. The quantitative estimate of drug-likeness (QED) is 0.540. The summed E-state index contributed by atoms with van der Waals surface area (Å²) in [6, 6.07) is 8.41. The lowest BCUT2D eigenvalue weighted by Crippen LogP contribution is -2.16. The summed E-state index contributed by atoms with van der Waals surface area (Å²) in [7, 11) is 0. The van der Waals surface area contributed by atoms with Gasteiger partial charge >= 0.3 is 5.97 Å². The van der Waals surface area contributed by atoms with Crippen LogP contribution in [-0.2, 0) is 17.8 Å². The number of aryl methyl sites for hydroxylation is 2. The summed E-state index contributed by atoms with van der Waals surface area (Å²) < 4.78 is 0. The first kappa shape index (κ1) is 27.4. The molecule has 162 valence electrons. The minimum atomic E-state index is -0.781. The van der Waals surface area contributed by atoms with Crippen molar-refractivity contribution in [2.45, 2.75) is 66.3 Å². The highest BCUT2D eigenvalue weighted by atomic mass is 35.5. The van der Waals surface area contributed by atoms with Crippen LogP contribution in [0.2, 0.25) is 0 Å². The molecular weight excluding hydrogens is 407 g/mol. The van der Waals surface area contributed by atoms with Crippen LogP contribution in [0.3, 0.4) is 0 Å². The highest BCUT2D eigenvalue weighted by Gasteiger charge is 2.25. The zero-order valence-corrected chi connectivity index (χ0v) is 19.6. The van der Waals surface area contributed by atoms with Crippen molar-refractivity contribution >= 4 is 30.8 Å². The van der Waals surface area contributed by atoms with Crippen LogP contribution in [0.1, 0.15) is 67.6 Å². The molecule has 6 heteroatoms. The number of nitrogens with zero attached hydrogens (tertiary/aromatic N) is 1. The predicted octanol–water partition coefficient (Wildman–Crippen LogP) is 5.83. The maximum Gasteiger partial charge on any atom is 0.303 e. The molecule has 4 nitrogen and oxygen atoms in total. The third kappa shape index (κ3) is 6.70. The van der Waals surface area contributed by atoms with Crippen molar-refractivity contribution in [1.29, 1.82) is 0 Å². The number of aliphatic carboxylic acids is 1. The summed E-state index contributed by atoms with van der Waals surface area (Å²) in [4.78, 5) is 16.4. The van der Waals surface area contributed by atoms with E-state index in [0.29, 0.717) is 12.5 Å². The lowest BCUT2D eigenvalue weighted by molar-refractivity contribution is -0.137. The largest absolute Gasteiger partial charge is 0.481 e. The molecule has 0 bridgehead atoms. The van der Waals surface area contributed by atoms with Gasteiger partial charge in [-0.2, -0.15) is 0 Å². The standard InChI is InChI=1S/C23H32N2O2.2ClH/c1-6-17(12-21(26)27)22-16(5)25-20(11-14(2)3)19(13-24)23(22)18-9-7-15(4)8-10-18;;/h7-10,14,17H,6,11-13,24H2,1-5H3,(H,26,27);2*1H. The zero-order chi connectivity index (χ0) is 20.1. The summed E-state index contributed by atoms with van der Waals surface area (Å²) in [6.07, 6.45) is 1.72. The molecule has 1 atom stereocenters. The molecule has 0 aliphatic carbocycles. The van der Waals surface area contributed by atoms with Crippen LogP contribution in [0.15, 0.2) is 24.3 Å². The molecule has 1 unspecified atom stereocenters. The summed E-state index contributed by atoms with van der Waals surface area (Å²) in [6.45, 7) is 10.9. The van der Waals surface area contributed by atoms with Gasteiger partial charge in [0.05, 0.1) is 6.42 Å². The number of pyridine rings is 1. The van der Waals surface area contributed by atoms with Gasteiger partial charge in [-0.1, -0.05) is 50.6 Å². The van der Waals surface area contributed by atoms with Crippen LogP contribution in [0.4, 0.5) is 0 Å². The van der Waals surface area contributed by atoms with Crippen molar-refractivity contribution in [3.8, 4) is 11.1 Å². The maximum atomic E-state index is 11.5. The molecule has 1 heterocycles. The van der Waals surface area contributed by atoms with Gasteiger partial charge in [0, 0.05) is 17.9 Å². The van der Waals surface area contributed by atoms with Crippen molar-refractivity contribution in [2.75, 3.05) is 0 Å². The number of benzene rings is 1. The van der Waals surface area contributed by atoms with Crippen LogP contribution >= 0.6 is 24.8 Å². The SMILES string of the molecule is CCC(CC(=O)O)c1c(C)nc(CC(C)C)c(CN)c1-c1ccc(C)cc1.Cl.Cl. The van der Waals surface area contributed by atoms with Gasteiger partial charge in [0.2, 0.25) is 0 Å². The Bertz CT molecular complexity index is 806. The first-order chi connectivity index (χ1) is 12.8. The molecule has 2 aromatic rings. The molecule has 0 amide bonds. The number of halogens is 2. The first-order valence-electron chi connectivity index (χ1n) is 9.79. The van der Waals surface area contributed by atoms with Crippen molar-refractivity contribution in [2.24, 2.45) is 11.7 Å². The molecule has 1 aromatic heterocycles. The molecule has 2 rings (SSSR count). The molecular formula is C23H34Cl2N2O2. The Morgan fingerprint density at radius 3 is 2.17 bits per heavy atom. The number of carbonyl (C=O) groups is 1. The molecule has 0 aliphatic heterocycles. The van der Waals surface area contributed by atoms with E-state index >= 15 is 0 Å². The van der Waals surface area contributed by atoms with E-state index in [-0.39, 0.29) is 37.2 Å².